The first-order valence-corrected chi connectivity index (χ1v) is 15.6. The van der Waals surface area contributed by atoms with Crippen LogP contribution in [0, 0.1) is 5.92 Å². The molecular weight excluding hydrogens is 506 g/mol. The van der Waals surface area contributed by atoms with Gasteiger partial charge in [0.25, 0.3) is 0 Å². The number of sulfonamides is 1. The van der Waals surface area contributed by atoms with Crippen LogP contribution in [0.15, 0.2) is 24.3 Å². The summed E-state index contributed by atoms with van der Waals surface area (Å²) < 4.78 is 32.3. The number of hydrogen-bond donors (Lipinski definition) is 0. The van der Waals surface area contributed by atoms with Crippen LogP contribution in [-0.4, -0.2) is 124 Å². The lowest BCUT2D eigenvalue weighted by Gasteiger charge is -2.36. The van der Waals surface area contributed by atoms with Crippen LogP contribution in [0.2, 0.25) is 0 Å². The van der Waals surface area contributed by atoms with E-state index in [4.69, 9.17) is 4.74 Å². The van der Waals surface area contributed by atoms with Crippen molar-refractivity contribution in [2.75, 3.05) is 83.8 Å². The summed E-state index contributed by atoms with van der Waals surface area (Å²) in [7, 11) is -1.41. The third kappa shape index (κ3) is 7.32. The molecule has 2 fully saturated rings. The summed E-state index contributed by atoms with van der Waals surface area (Å²) >= 11 is 0. The Balaban J connectivity index is 1.64. The van der Waals surface area contributed by atoms with E-state index in [1.807, 2.05) is 36.2 Å². The second-order valence-electron chi connectivity index (χ2n) is 10.9. The van der Waals surface area contributed by atoms with Gasteiger partial charge >= 0.3 is 0 Å². The van der Waals surface area contributed by atoms with Crippen molar-refractivity contribution in [3.63, 3.8) is 0 Å². The predicted molar refractivity (Wildman–Crippen MR) is 147 cm³/mol. The summed E-state index contributed by atoms with van der Waals surface area (Å²) in [6.07, 6.45) is 3.85. The maximum absolute atomic E-state index is 14.2. The van der Waals surface area contributed by atoms with Gasteiger partial charge in [-0.25, -0.2) is 12.7 Å². The van der Waals surface area contributed by atoms with Crippen molar-refractivity contribution >= 4 is 27.5 Å². The average molecular weight is 550 g/mol. The number of anilines is 1. The van der Waals surface area contributed by atoms with Crippen molar-refractivity contribution in [2.45, 2.75) is 38.8 Å². The minimum atomic E-state index is -3.44. The number of ether oxygens (including phenoxy) is 1. The maximum atomic E-state index is 14.2. The molecule has 212 valence electrons. The van der Waals surface area contributed by atoms with Gasteiger partial charge in [-0.1, -0.05) is 18.2 Å². The van der Waals surface area contributed by atoms with Crippen LogP contribution in [-0.2, 0) is 30.9 Å². The van der Waals surface area contributed by atoms with Crippen LogP contribution in [0.5, 0.6) is 0 Å². The zero-order valence-electron chi connectivity index (χ0n) is 23.0. The monoisotopic (exact) mass is 549 g/mol. The molecule has 11 heteroatoms. The number of carbonyl (C=O) groups is 2. The summed E-state index contributed by atoms with van der Waals surface area (Å²) in [4.78, 5) is 35.0. The van der Waals surface area contributed by atoms with Gasteiger partial charge in [-0.3, -0.25) is 14.5 Å². The van der Waals surface area contributed by atoms with Crippen molar-refractivity contribution in [1.82, 2.24) is 19.0 Å². The average Bonchev–Trinajstić information content (AvgIpc) is 3.14. The third-order valence-electron chi connectivity index (χ3n) is 8.05. The molecule has 0 spiro atoms. The zero-order valence-corrected chi connectivity index (χ0v) is 23.9. The fourth-order valence-electron chi connectivity index (χ4n) is 5.84. The van der Waals surface area contributed by atoms with Crippen molar-refractivity contribution in [2.24, 2.45) is 5.92 Å². The Morgan fingerprint density at radius 3 is 2.39 bits per heavy atom. The topological polar surface area (TPSA) is 93.7 Å². The van der Waals surface area contributed by atoms with E-state index in [9.17, 15) is 18.0 Å². The van der Waals surface area contributed by atoms with E-state index in [1.54, 1.807) is 11.8 Å². The molecule has 1 atom stereocenters. The van der Waals surface area contributed by atoms with E-state index in [-0.39, 0.29) is 24.4 Å². The number of hydrogen-bond acceptors (Lipinski definition) is 7. The first-order chi connectivity index (χ1) is 18.1. The highest BCUT2D eigenvalue weighted by Crippen LogP contribution is 2.26. The molecule has 0 saturated carbocycles. The van der Waals surface area contributed by atoms with E-state index in [0.29, 0.717) is 59.0 Å². The number of carbonyl (C=O) groups excluding carboxylic acids is 2. The lowest BCUT2D eigenvalue weighted by Crippen LogP contribution is -2.48. The van der Waals surface area contributed by atoms with Gasteiger partial charge in [0.05, 0.1) is 12.2 Å². The minimum absolute atomic E-state index is 0.0168. The zero-order chi connectivity index (χ0) is 27.3. The molecule has 1 aromatic rings. The lowest BCUT2D eigenvalue weighted by molar-refractivity contribution is -0.137. The van der Waals surface area contributed by atoms with Gasteiger partial charge in [0, 0.05) is 84.2 Å². The summed E-state index contributed by atoms with van der Waals surface area (Å²) in [5.74, 6) is -0.520. The molecular formula is C27H43N5O5S. The van der Waals surface area contributed by atoms with Crippen LogP contribution in [0.3, 0.4) is 0 Å². The van der Waals surface area contributed by atoms with E-state index < -0.39 is 15.9 Å². The number of para-hydroxylation sites is 1. The van der Waals surface area contributed by atoms with Crippen molar-refractivity contribution in [1.29, 1.82) is 0 Å². The van der Waals surface area contributed by atoms with E-state index in [2.05, 4.69) is 9.80 Å². The lowest BCUT2D eigenvalue weighted by atomic mass is 10.0. The standard InChI is InChI=1S/C27H43N5O5S/c1-22(33)32-12-6-11-28(2)13-14-30(19-23-7-4-5-8-26(23)32)27(34)24-20-29(25-9-17-37-18-10-25)15-16-31(21-24)38(3,35)36/h4-5,7-8,24-25H,6,9-21H2,1-3H3. The summed E-state index contributed by atoms with van der Waals surface area (Å²) in [6, 6.07) is 8.09. The summed E-state index contributed by atoms with van der Waals surface area (Å²) in [6.45, 7) is 7.74. The predicted octanol–water partition coefficient (Wildman–Crippen LogP) is 1.08. The highest BCUT2D eigenvalue weighted by atomic mass is 32.2. The second kappa shape index (κ2) is 12.9. The van der Waals surface area contributed by atoms with Crippen LogP contribution < -0.4 is 4.90 Å². The SMILES string of the molecule is CC(=O)N1CCCN(C)CCN(C(=O)C2CN(C3CCOCC3)CCN(S(C)(=O)=O)C2)Cc2ccccc21. The van der Waals surface area contributed by atoms with Gasteiger partial charge < -0.3 is 19.4 Å². The minimum Gasteiger partial charge on any atom is -0.381 e. The highest BCUT2D eigenvalue weighted by molar-refractivity contribution is 7.88. The van der Waals surface area contributed by atoms with Gasteiger partial charge in [0.2, 0.25) is 21.8 Å². The second-order valence-corrected chi connectivity index (χ2v) is 12.9. The normalized spacial score (nSPS) is 24.3. The van der Waals surface area contributed by atoms with Crippen LogP contribution >= 0.6 is 0 Å². The quantitative estimate of drug-likeness (QED) is 0.557. The van der Waals surface area contributed by atoms with Crippen LogP contribution in [0.25, 0.3) is 0 Å². The Labute approximate surface area is 227 Å². The van der Waals surface area contributed by atoms with Crippen molar-refractivity contribution in [3.05, 3.63) is 29.8 Å². The number of rotatable bonds is 3. The molecule has 1 aromatic carbocycles. The van der Waals surface area contributed by atoms with Crippen LogP contribution in [0.1, 0.15) is 31.7 Å². The number of amides is 2. The van der Waals surface area contributed by atoms with E-state index in [1.165, 1.54) is 10.6 Å². The molecule has 38 heavy (non-hydrogen) atoms. The smallest absolute Gasteiger partial charge is 0.228 e. The van der Waals surface area contributed by atoms with Gasteiger partial charge in [-0.15, -0.1) is 0 Å². The number of benzene rings is 1. The molecule has 2 amide bonds. The third-order valence-corrected chi connectivity index (χ3v) is 9.32. The first kappa shape index (κ1) is 28.9. The molecule has 3 aliphatic rings. The number of likely N-dealkylation sites (N-methyl/N-ethyl adjacent to an activating group) is 1. The molecule has 0 aromatic heterocycles. The number of nitrogens with zero attached hydrogens (tertiary/aromatic N) is 5. The van der Waals surface area contributed by atoms with Gasteiger partial charge in [-0.2, -0.15) is 0 Å². The van der Waals surface area contributed by atoms with Crippen molar-refractivity contribution in [3.8, 4) is 0 Å². The molecule has 4 rings (SSSR count). The van der Waals surface area contributed by atoms with Crippen LogP contribution in [0.4, 0.5) is 5.69 Å². The molecule has 0 radical (unpaired) electrons. The molecule has 10 nitrogen and oxygen atoms in total. The van der Waals surface area contributed by atoms with Gasteiger partial charge in [0.1, 0.15) is 0 Å². The van der Waals surface area contributed by atoms with E-state index >= 15 is 0 Å². The largest absolute Gasteiger partial charge is 0.381 e. The van der Waals surface area contributed by atoms with Gasteiger partial charge in [0.15, 0.2) is 0 Å². The van der Waals surface area contributed by atoms with Gasteiger partial charge in [-0.05, 0) is 44.5 Å². The molecule has 0 aliphatic carbocycles. The maximum Gasteiger partial charge on any atom is 0.228 e. The molecule has 3 aliphatic heterocycles. The molecule has 0 bridgehead atoms. The molecule has 2 saturated heterocycles. The Morgan fingerprint density at radius 2 is 1.68 bits per heavy atom. The summed E-state index contributed by atoms with van der Waals surface area (Å²) in [5.41, 5.74) is 1.76. The first-order valence-electron chi connectivity index (χ1n) is 13.7. The summed E-state index contributed by atoms with van der Waals surface area (Å²) in [5, 5.41) is 0. The fraction of sp³-hybridized carbons (Fsp3) is 0.704. The Hall–Kier alpha value is -2.05. The molecule has 3 heterocycles. The van der Waals surface area contributed by atoms with E-state index in [0.717, 1.165) is 37.1 Å². The Kier molecular flexibility index (Phi) is 9.80. The highest BCUT2D eigenvalue weighted by Gasteiger charge is 2.36. The Morgan fingerprint density at radius 1 is 0.947 bits per heavy atom. The Bertz CT molecular complexity index is 1080. The van der Waals surface area contributed by atoms with Crippen molar-refractivity contribution < 1.29 is 22.7 Å². The fourth-order valence-corrected chi connectivity index (χ4v) is 6.70. The molecule has 0 N–H and O–H groups in total. The number of fused-ring (bicyclic) bond motifs is 1. The molecule has 1 unspecified atom stereocenters.